The summed E-state index contributed by atoms with van der Waals surface area (Å²) in [7, 11) is 0. The Balaban J connectivity index is 2.43. The standard InChI is InChI=1S/C14H15F2NO2/c1-2-3-4-5-13(18)17-10-11-6-8-12(9-7-11)19-14(15)16/h2-9,14H,10H2,1H3,(H,17,18)/b3-2+,5-4+. The van der Waals surface area contributed by atoms with Gasteiger partial charge in [-0.25, -0.2) is 0 Å². The van der Waals surface area contributed by atoms with Crippen molar-refractivity contribution >= 4 is 5.91 Å². The molecule has 0 aliphatic rings. The van der Waals surface area contributed by atoms with E-state index in [2.05, 4.69) is 10.1 Å². The number of ether oxygens (including phenoxy) is 1. The molecule has 1 amide bonds. The molecule has 1 aromatic rings. The molecule has 0 aliphatic carbocycles. The summed E-state index contributed by atoms with van der Waals surface area (Å²) in [6, 6.07) is 6.11. The molecule has 0 saturated carbocycles. The second-order valence-corrected chi connectivity index (χ2v) is 3.63. The molecule has 0 saturated heterocycles. The van der Waals surface area contributed by atoms with Crippen LogP contribution >= 0.6 is 0 Å². The van der Waals surface area contributed by atoms with Crippen LogP contribution in [-0.4, -0.2) is 12.5 Å². The molecular weight excluding hydrogens is 252 g/mol. The van der Waals surface area contributed by atoms with E-state index in [0.717, 1.165) is 5.56 Å². The van der Waals surface area contributed by atoms with E-state index < -0.39 is 6.61 Å². The summed E-state index contributed by atoms with van der Waals surface area (Å²) in [6.07, 6.45) is 6.60. The number of carbonyl (C=O) groups is 1. The fourth-order valence-electron chi connectivity index (χ4n) is 1.29. The van der Waals surface area contributed by atoms with Crippen LogP contribution in [0.4, 0.5) is 8.78 Å². The summed E-state index contributed by atoms with van der Waals surface area (Å²) in [5, 5.41) is 2.67. The summed E-state index contributed by atoms with van der Waals surface area (Å²) in [5.74, 6) is -0.121. The average molecular weight is 267 g/mol. The molecule has 3 nitrogen and oxygen atoms in total. The highest BCUT2D eigenvalue weighted by molar-refractivity contribution is 5.87. The number of allylic oxidation sites excluding steroid dienone is 3. The summed E-state index contributed by atoms with van der Waals surface area (Å²) >= 11 is 0. The van der Waals surface area contributed by atoms with Gasteiger partial charge in [0.1, 0.15) is 5.75 Å². The van der Waals surface area contributed by atoms with Gasteiger partial charge in [-0.05, 0) is 24.6 Å². The molecule has 1 aromatic carbocycles. The SMILES string of the molecule is C/C=C/C=C/C(=O)NCc1ccc(OC(F)F)cc1. The highest BCUT2D eigenvalue weighted by Gasteiger charge is 2.03. The van der Waals surface area contributed by atoms with Crippen molar-refractivity contribution in [3.05, 3.63) is 54.1 Å². The second kappa shape index (κ2) is 8.02. The third-order valence-electron chi connectivity index (χ3n) is 2.17. The number of halogens is 2. The molecule has 1 rings (SSSR count). The zero-order valence-electron chi connectivity index (χ0n) is 10.5. The van der Waals surface area contributed by atoms with Crippen LogP contribution in [0.3, 0.4) is 0 Å². The van der Waals surface area contributed by atoms with E-state index in [1.165, 1.54) is 18.2 Å². The first-order valence-electron chi connectivity index (χ1n) is 5.72. The van der Waals surface area contributed by atoms with Crippen LogP contribution in [0.2, 0.25) is 0 Å². The van der Waals surface area contributed by atoms with Crippen molar-refractivity contribution in [2.75, 3.05) is 0 Å². The van der Waals surface area contributed by atoms with E-state index in [1.807, 2.05) is 13.0 Å². The predicted octanol–water partition coefficient (Wildman–Crippen LogP) is 3.04. The van der Waals surface area contributed by atoms with Gasteiger partial charge in [-0.3, -0.25) is 4.79 Å². The lowest BCUT2D eigenvalue weighted by molar-refractivity contribution is -0.116. The molecule has 1 N–H and O–H groups in total. The monoisotopic (exact) mass is 267 g/mol. The minimum Gasteiger partial charge on any atom is -0.435 e. The largest absolute Gasteiger partial charge is 0.435 e. The highest BCUT2D eigenvalue weighted by Crippen LogP contribution is 2.14. The molecule has 0 unspecified atom stereocenters. The van der Waals surface area contributed by atoms with E-state index in [1.54, 1.807) is 24.3 Å². The van der Waals surface area contributed by atoms with Crippen molar-refractivity contribution in [3.8, 4) is 5.75 Å². The summed E-state index contributed by atoms with van der Waals surface area (Å²) < 4.78 is 28.1. The molecule has 5 heteroatoms. The number of rotatable bonds is 6. The lowest BCUT2D eigenvalue weighted by Gasteiger charge is -2.06. The topological polar surface area (TPSA) is 38.3 Å². The number of amides is 1. The first-order valence-corrected chi connectivity index (χ1v) is 5.72. The molecule has 102 valence electrons. The molecule has 0 radical (unpaired) electrons. The van der Waals surface area contributed by atoms with Gasteiger partial charge in [0.15, 0.2) is 0 Å². The van der Waals surface area contributed by atoms with Crippen LogP contribution in [0, 0.1) is 0 Å². The molecular formula is C14H15F2NO2. The third-order valence-corrected chi connectivity index (χ3v) is 2.17. The zero-order chi connectivity index (χ0) is 14.1. The molecule has 0 aliphatic heterocycles. The van der Waals surface area contributed by atoms with Gasteiger partial charge in [0.05, 0.1) is 0 Å². The molecule has 19 heavy (non-hydrogen) atoms. The Bertz CT molecular complexity index is 453. The lowest BCUT2D eigenvalue weighted by atomic mass is 10.2. The van der Waals surface area contributed by atoms with Gasteiger partial charge in [-0.2, -0.15) is 8.78 Å². The Morgan fingerprint density at radius 3 is 2.58 bits per heavy atom. The number of benzene rings is 1. The minimum atomic E-state index is -2.83. The van der Waals surface area contributed by atoms with Gasteiger partial charge in [0.2, 0.25) is 5.91 Å². The quantitative estimate of drug-likeness (QED) is 0.635. The average Bonchev–Trinajstić information content (AvgIpc) is 2.37. The fourth-order valence-corrected chi connectivity index (χ4v) is 1.29. The Morgan fingerprint density at radius 1 is 1.32 bits per heavy atom. The van der Waals surface area contributed by atoms with Crippen molar-refractivity contribution in [3.63, 3.8) is 0 Å². The van der Waals surface area contributed by atoms with Crippen molar-refractivity contribution in [1.82, 2.24) is 5.32 Å². The van der Waals surface area contributed by atoms with Crippen molar-refractivity contribution in [1.29, 1.82) is 0 Å². The summed E-state index contributed by atoms with van der Waals surface area (Å²) in [4.78, 5) is 11.3. The first kappa shape index (κ1) is 14.9. The summed E-state index contributed by atoms with van der Waals surface area (Å²) in [6.45, 7) is -0.651. The van der Waals surface area contributed by atoms with Gasteiger partial charge >= 0.3 is 6.61 Å². The number of hydrogen-bond donors (Lipinski definition) is 1. The van der Waals surface area contributed by atoms with Gasteiger partial charge in [-0.1, -0.05) is 30.4 Å². The Morgan fingerprint density at radius 2 is 2.00 bits per heavy atom. The van der Waals surface area contributed by atoms with Gasteiger partial charge < -0.3 is 10.1 Å². The highest BCUT2D eigenvalue weighted by atomic mass is 19.3. The maximum atomic E-state index is 11.9. The molecule has 0 heterocycles. The van der Waals surface area contributed by atoms with Gasteiger partial charge in [0, 0.05) is 12.6 Å². The number of alkyl halides is 2. The van der Waals surface area contributed by atoms with Crippen LogP contribution in [0.25, 0.3) is 0 Å². The fraction of sp³-hybridized carbons (Fsp3) is 0.214. The summed E-state index contributed by atoms with van der Waals surface area (Å²) in [5.41, 5.74) is 0.800. The second-order valence-electron chi connectivity index (χ2n) is 3.63. The van der Waals surface area contributed by atoms with E-state index in [-0.39, 0.29) is 11.7 Å². The van der Waals surface area contributed by atoms with Crippen LogP contribution < -0.4 is 10.1 Å². The molecule has 0 bridgehead atoms. The van der Waals surface area contributed by atoms with Gasteiger partial charge in [-0.15, -0.1) is 0 Å². The van der Waals surface area contributed by atoms with E-state index in [0.29, 0.717) is 6.54 Å². The van der Waals surface area contributed by atoms with Crippen molar-refractivity contribution < 1.29 is 18.3 Å². The van der Waals surface area contributed by atoms with Gasteiger partial charge in [0.25, 0.3) is 0 Å². The first-order chi connectivity index (χ1) is 9.11. The smallest absolute Gasteiger partial charge is 0.387 e. The maximum Gasteiger partial charge on any atom is 0.387 e. The minimum absolute atomic E-state index is 0.0954. The lowest BCUT2D eigenvalue weighted by Crippen LogP contribution is -2.20. The number of hydrogen-bond acceptors (Lipinski definition) is 2. The molecule has 0 fully saturated rings. The van der Waals surface area contributed by atoms with Crippen molar-refractivity contribution in [2.45, 2.75) is 20.1 Å². The van der Waals surface area contributed by atoms with Crippen LogP contribution in [0.15, 0.2) is 48.6 Å². The predicted molar refractivity (Wildman–Crippen MR) is 68.9 cm³/mol. The van der Waals surface area contributed by atoms with E-state index in [9.17, 15) is 13.6 Å². The number of carbonyl (C=O) groups excluding carboxylic acids is 1. The van der Waals surface area contributed by atoms with E-state index >= 15 is 0 Å². The molecule has 0 atom stereocenters. The Kier molecular flexibility index (Phi) is 6.29. The third kappa shape index (κ3) is 6.35. The molecule has 0 aromatic heterocycles. The van der Waals surface area contributed by atoms with E-state index in [4.69, 9.17) is 0 Å². The zero-order valence-corrected chi connectivity index (χ0v) is 10.5. The number of nitrogens with one attached hydrogen (secondary N) is 1. The van der Waals surface area contributed by atoms with Crippen LogP contribution in [0.1, 0.15) is 12.5 Å². The maximum absolute atomic E-state index is 11.9. The Labute approximate surface area is 110 Å². The van der Waals surface area contributed by atoms with Crippen molar-refractivity contribution in [2.24, 2.45) is 0 Å². The normalized spacial score (nSPS) is 11.4. The molecule has 0 spiro atoms. The van der Waals surface area contributed by atoms with Crippen LogP contribution in [-0.2, 0) is 11.3 Å². The Hall–Kier alpha value is -2.17. The van der Waals surface area contributed by atoms with Crippen LogP contribution in [0.5, 0.6) is 5.75 Å².